The van der Waals surface area contributed by atoms with E-state index in [0.717, 1.165) is 39.9 Å². The van der Waals surface area contributed by atoms with E-state index >= 15 is 0 Å². The normalized spacial score (nSPS) is 21.8. The summed E-state index contributed by atoms with van der Waals surface area (Å²) < 4.78 is 18.1. The van der Waals surface area contributed by atoms with Crippen LogP contribution in [0.25, 0.3) is 10.9 Å². The predicted octanol–water partition coefficient (Wildman–Crippen LogP) is 0.358. The van der Waals surface area contributed by atoms with Gasteiger partial charge in [-0.25, -0.2) is 9.59 Å². The maximum atomic E-state index is 13.6. The molecule has 0 saturated carbocycles. The van der Waals surface area contributed by atoms with E-state index in [1.807, 2.05) is 49.5 Å². The maximum Gasteiger partial charge on any atom is 0.510 e. The number of ether oxygens (including phenoxy) is 3. The van der Waals surface area contributed by atoms with E-state index < -0.39 is 30.2 Å². The molecule has 2 aliphatic rings. The Morgan fingerprint density at radius 3 is 2.58 bits per heavy atom. The highest BCUT2D eigenvalue weighted by Gasteiger charge is 2.38. The van der Waals surface area contributed by atoms with E-state index in [-0.39, 0.29) is 48.4 Å². The Morgan fingerprint density at radius 1 is 1.18 bits per heavy atom. The average Bonchev–Trinajstić information content (AvgIpc) is 3.36. The molecule has 5 unspecified atom stereocenters. The van der Waals surface area contributed by atoms with Gasteiger partial charge in [0.2, 0.25) is 0 Å². The molecule has 220 valence electrons. The molecule has 1 aromatic heterocycles. The van der Waals surface area contributed by atoms with E-state index in [1.54, 1.807) is 34.6 Å². The highest BCUT2D eigenvalue weighted by molar-refractivity contribution is 6.11. The van der Waals surface area contributed by atoms with Crippen LogP contribution in [0.15, 0.2) is 36.7 Å². The monoisotopic (exact) mass is 668 g/mol. The summed E-state index contributed by atoms with van der Waals surface area (Å²) >= 11 is 0. The molecule has 4 rings (SSSR count). The summed E-state index contributed by atoms with van der Waals surface area (Å²) in [5.41, 5.74) is 2.47. The maximum absolute atomic E-state index is 13.6. The van der Waals surface area contributed by atoms with Crippen molar-refractivity contribution in [3.8, 4) is 0 Å². The Balaban J connectivity index is 0.00000441. The smallest absolute Gasteiger partial charge is 0.510 e. The van der Waals surface area contributed by atoms with Crippen molar-refractivity contribution in [2.75, 3.05) is 13.1 Å². The number of aromatic nitrogens is 1. The number of fused-ring (bicyclic) bond motifs is 3. The molecule has 1 aliphatic heterocycles. The van der Waals surface area contributed by atoms with Gasteiger partial charge in [-0.1, -0.05) is 18.2 Å². The standard InChI is InChI=1S/C29H40N4O6.HI/c1-18(16-30-27(35)39-29(4,5)6)37-28(36)38-20(3)33-15-14-32(19(33)2)17-21-12-13-24-25(26(21)34)22-10-8-9-11-23(22)31(24)7;/h8-11,14-15,18-21H,12-13,16-17H2,1-7H3,(H,30,35);1H. The highest BCUT2D eigenvalue weighted by Crippen LogP contribution is 2.33. The molecule has 2 N–H and O–H groups in total. The Morgan fingerprint density at radius 2 is 1.88 bits per heavy atom. The Hall–Kier alpha value is -2.80. The predicted molar refractivity (Wildman–Crippen MR) is 146 cm³/mol. The van der Waals surface area contributed by atoms with Gasteiger partial charge in [-0.2, -0.15) is 0 Å². The first-order chi connectivity index (χ1) is 18.4. The number of rotatable bonds is 7. The number of ketones is 1. The minimum atomic E-state index is -0.819. The van der Waals surface area contributed by atoms with Gasteiger partial charge in [0.15, 0.2) is 18.2 Å². The van der Waals surface area contributed by atoms with Gasteiger partial charge in [-0.15, -0.1) is 0 Å². The number of alkyl carbamates (subject to hydrolysis) is 1. The summed E-state index contributed by atoms with van der Waals surface area (Å²) in [5, 5.41) is 3.61. The number of nitrogens with zero attached hydrogens (tertiary/aromatic N) is 2. The fourth-order valence-corrected chi connectivity index (χ4v) is 5.43. The van der Waals surface area contributed by atoms with Gasteiger partial charge in [0.1, 0.15) is 17.9 Å². The van der Waals surface area contributed by atoms with E-state index in [0.29, 0.717) is 6.54 Å². The zero-order chi connectivity index (χ0) is 28.5. The lowest BCUT2D eigenvalue weighted by atomic mass is 9.84. The van der Waals surface area contributed by atoms with Crippen molar-refractivity contribution in [1.82, 2.24) is 14.8 Å². The van der Waals surface area contributed by atoms with Crippen molar-refractivity contribution in [3.63, 3.8) is 0 Å². The van der Waals surface area contributed by atoms with Gasteiger partial charge in [0, 0.05) is 36.1 Å². The van der Waals surface area contributed by atoms with Crippen LogP contribution >= 0.6 is 0 Å². The zero-order valence-corrected chi connectivity index (χ0v) is 26.5. The Bertz CT molecular complexity index is 1270. The molecule has 40 heavy (non-hydrogen) atoms. The molecule has 11 heteroatoms. The quantitative estimate of drug-likeness (QED) is 0.325. The Labute approximate surface area is 253 Å². The van der Waals surface area contributed by atoms with Crippen molar-refractivity contribution < 1.29 is 57.5 Å². The number of aryl methyl sites for hydroxylation is 1. The molecule has 5 atom stereocenters. The van der Waals surface area contributed by atoms with Crippen molar-refractivity contribution in [2.45, 2.75) is 78.5 Å². The van der Waals surface area contributed by atoms with Crippen LogP contribution < -0.4 is 34.2 Å². The van der Waals surface area contributed by atoms with Crippen LogP contribution in [0.5, 0.6) is 0 Å². The van der Waals surface area contributed by atoms with Crippen molar-refractivity contribution >= 4 is 28.9 Å². The second kappa shape index (κ2) is 12.8. The summed E-state index contributed by atoms with van der Waals surface area (Å²) in [5.74, 6) is 0.131. The van der Waals surface area contributed by atoms with Gasteiger partial charge >= 0.3 is 12.2 Å². The van der Waals surface area contributed by atoms with Crippen LogP contribution in [-0.2, 0) is 27.7 Å². The summed E-state index contributed by atoms with van der Waals surface area (Å²) in [6, 6.07) is 8.09. The molecular weight excluding hydrogens is 627 g/mol. The first-order valence-electron chi connectivity index (χ1n) is 13.6. The van der Waals surface area contributed by atoms with Gasteiger partial charge in [0.05, 0.1) is 25.2 Å². The SMILES string of the molecule is CC(CNC(=O)OC(C)(C)C)OC(=O)OC(C)N1C=C[NH+](CC2CCc3c(c4ccccc4n3C)C2=O)C1C.[I-]. The van der Waals surface area contributed by atoms with Crippen molar-refractivity contribution in [3.05, 3.63) is 47.9 Å². The third kappa shape index (κ3) is 7.09. The zero-order valence-electron chi connectivity index (χ0n) is 24.3. The fourth-order valence-electron chi connectivity index (χ4n) is 5.43. The molecular formula is C29H41IN4O6. The second-order valence-electron chi connectivity index (χ2n) is 11.5. The first kappa shape index (κ1) is 31.7. The van der Waals surface area contributed by atoms with E-state index in [4.69, 9.17) is 14.2 Å². The third-order valence-corrected chi connectivity index (χ3v) is 7.42. The number of para-hydroxylation sites is 1. The van der Waals surface area contributed by atoms with Crippen LogP contribution in [0, 0.1) is 5.92 Å². The molecule has 2 aromatic rings. The number of carbonyl (C=O) groups excluding carboxylic acids is 3. The van der Waals surface area contributed by atoms with Gasteiger partial charge < -0.3 is 48.1 Å². The lowest BCUT2D eigenvalue weighted by molar-refractivity contribution is -0.879. The summed E-state index contributed by atoms with van der Waals surface area (Å²) in [6.07, 6.45) is 3.03. The number of carbonyl (C=O) groups is 3. The van der Waals surface area contributed by atoms with Gasteiger partial charge in [-0.05, 0) is 53.5 Å². The van der Waals surface area contributed by atoms with Gasteiger partial charge in [0.25, 0.3) is 0 Å². The molecule has 2 heterocycles. The third-order valence-electron chi connectivity index (χ3n) is 7.42. The minimum absolute atomic E-state index is 0. The Kier molecular flexibility index (Phi) is 10.2. The number of quaternary nitrogens is 1. The lowest BCUT2D eigenvalue weighted by Crippen LogP contribution is -3.12. The number of halogens is 1. The topological polar surface area (TPSA) is 104 Å². The highest BCUT2D eigenvalue weighted by atomic mass is 127. The van der Waals surface area contributed by atoms with Crippen molar-refractivity contribution in [1.29, 1.82) is 0 Å². The molecule has 10 nitrogen and oxygen atoms in total. The number of benzene rings is 1. The summed E-state index contributed by atoms with van der Waals surface area (Å²) in [4.78, 5) is 40.8. The molecule has 1 aliphatic carbocycles. The van der Waals surface area contributed by atoms with Crippen LogP contribution in [0.3, 0.4) is 0 Å². The van der Waals surface area contributed by atoms with E-state index in [1.165, 1.54) is 0 Å². The fraction of sp³-hybridized carbons (Fsp3) is 0.552. The van der Waals surface area contributed by atoms with Crippen LogP contribution in [0.1, 0.15) is 64.0 Å². The number of hydrogen-bond acceptors (Lipinski definition) is 7. The molecule has 0 radical (unpaired) electrons. The van der Waals surface area contributed by atoms with Crippen LogP contribution in [-0.4, -0.2) is 64.7 Å². The molecule has 0 bridgehead atoms. The number of nitrogens with one attached hydrogen (secondary N) is 2. The average molecular weight is 669 g/mol. The summed E-state index contributed by atoms with van der Waals surface area (Å²) in [6.45, 7) is 11.6. The van der Waals surface area contributed by atoms with Crippen LogP contribution in [0.4, 0.5) is 9.59 Å². The largest absolute Gasteiger partial charge is 1.00 e. The van der Waals surface area contributed by atoms with Crippen LogP contribution in [0.2, 0.25) is 0 Å². The number of amides is 1. The van der Waals surface area contributed by atoms with E-state index in [2.05, 4.69) is 16.0 Å². The molecule has 0 saturated heterocycles. The van der Waals surface area contributed by atoms with Gasteiger partial charge in [-0.3, -0.25) is 14.6 Å². The lowest BCUT2D eigenvalue weighted by Gasteiger charge is -2.31. The first-order valence-corrected chi connectivity index (χ1v) is 13.6. The summed E-state index contributed by atoms with van der Waals surface area (Å²) in [7, 11) is 2.04. The number of Topliss-reactive ketones (excluding diaryl/α,β-unsaturated/α-hetero) is 1. The molecule has 1 amide bonds. The second-order valence-corrected chi connectivity index (χ2v) is 11.5. The minimum Gasteiger partial charge on any atom is -1.00 e. The number of hydrogen-bond donors (Lipinski definition) is 2. The van der Waals surface area contributed by atoms with E-state index in [9.17, 15) is 14.4 Å². The van der Waals surface area contributed by atoms with Crippen molar-refractivity contribution in [2.24, 2.45) is 13.0 Å². The molecule has 1 aromatic carbocycles. The molecule has 0 spiro atoms. The molecule has 0 fully saturated rings.